The lowest BCUT2D eigenvalue weighted by Gasteiger charge is -2.24. The number of hydrogen-bond acceptors (Lipinski definition) is 4. The number of amides is 3. The van der Waals surface area contributed by atoms with Crippen molar-refractivity contribution >= 4 is 29.5 Å². The Bertz CT molecular complexity index is 712. The minimum absolute atomic E-state index is 0.349. The number of benzene rings is 1. The molecule has 5 nitrogen and oxygen atoms in total. The Hall–Kier alpha value is -2.47. The van der Waals surface area contributed by atoms with E-state index in [1.54, 1.807) is 0 Å². The molecule has 0 saturated carbocycles. The summed E-state index contributed by atoms with van der Waals surface area (Å²) in [7, 11) is 0. The Labute approximate surface area is 132 Å². The molecule has 22 heavy (non-hydrogen) atoms. The quantitative estimate of drug-likeness (QED) is 0.697. The summed E-state index contributed by atoms with van der Waals surface area (Å²) >= 11 is 1.53. The molecule has 1 aliphatic rings. The number of nitrogens with zero attached hydrogens (tertiary/aromatic N) is 2. The second kappa shape index (κ2) is 5.73. The van der Waals surface area contributed by atoms with Crippen molar-refractivity contribution in [2.24, 2.45) is 5.10 Å². The molecule has 1 N–H and O–H groups in total. The predicted molar refractivity (Wildman–Crippen MR) is 85.7 cm³/mol. The summed E-state index contributed by atoms with van der Waals surface area (Å²) in [6.45, 7) is 1.87. The fourth-order valence-electron chi connectivity index (χ4n) is 2.50. The van der Waals surface area contributed by atoms with Crippen LogP contribution in [0.25, 0.3) is 0 Å². The smallest absolute Gasteiger partial charge is 0.318 e. The predicted octanol–water partition coefficient (Wildman–Crippen LogP) is 2.94. The second-order valence-electron chi connectivity index (χ2n) is 4.97. The van der Waals surface area contributed by atoms with Gasteiger partial charge in [0.2, 0.25) is 0 Å². The topological polar surface area (TPSA) is 61.8 Å². The van der Waals surface area contributed by atoms with Crippen LogP contribution in [0.1, 0.15) is 24.5 Å². The Morgan fingerprint density at radius 2 is 2.05 bits per heavy atom. The van der Waals surface area contributed by atoms with E-state index in [4.69, 9.17) is 0 Å². The van der Waals surface area contributed by atoms with Crippen molar-refractivity contribution in [3.8, 4) is 0 Å². The van der Waals surface area contributed by atoms with Crippen LogP contribution in [-0.4, -0.2) is 23.2 Å². The lowest BCUT2D eigenvalue weighted by Crippen LogP contribution is -2.43. The minimum Gasteiger partial charge on any atom is -0.318 e. The summed E-state index contributed by atoms with van der Waals surface area (Å²) < 4.78 is 0. The molecule has 6 heteroatoms. The molecule has 0 aliphatic carbocycles. The van der Waals surface area contributed by atoms with E-state index in [9.17, 15) is 9.59 Å². The van der Waals surface area contributed by atoms with E-state index in [1.165, 1.54) is 17.6 Å². The van der Waals surface area contributed by atoms with E-state index in [1.807, 2.05) is 54.1 Å². The Balaban J connectivity index is 1.93. The number of hydrogen-bond donors (Lipinski definition) is 1. The molecule has 2 aromatic rings. The third-order valence-electron chi connectivity index (χ3n) is 3.73. The van der Waals surface area contributed by atoms with Gasteiger partial charge in [0.1, 0.15) is 5.54 Å². The monoisotopic (exact) mass is 313 g/mol. The Morgan fingerprint density at radius 3 is 2.68 bits per heavy atom. The second-order valence-corrected chi connectivity index (χ2v) is 5.75. The van der Waals surface area contributed by atoms with Gasteiger partial charge in [0, 0.05) is 5.56 Å². The van der Waals surface area contributed by atoms with Crippen LogP contribution in [0.4, 0.5) is 4.79 Å². The van der Waals surface area contributed by atoms with E-state index >= 15 is 0 Å². The van der Waals surface area contributed by atoms with Crippen LogP contribution in [-0.2, 0) is 10.3 Å². The molecule has 0 unspecified atom stereocenters. The van der Waals surface area contributed by atoms with Crippen LogP contribution in [0.2, 0.25) is 0 Å². The molecule has 0 bridgehead atoms. The lowest BCUT2D eigenvalue weighted by molar-refractivity contribution is -0.131. The van der Waals surface area contributed by atoms with Crippen molar-refractivity contribution in [3.05, 3.63) is 58.3 Å². The highest BCUT2D eigenvalue weighted by Crippen LogP contribution is 2.32. The molecule has 1 saturated heterocycles. The van der Waals surface area contributed by atoms with E-state index in [0.717, 1.165) is 16.1 Å². The van der Waals surface area contributed by atoms with Gasteiger partial charge in [0.05, 0.1) is 6.21 Å². The van der Waals surface area contributed by atoms with Gasteiger partial charge in [-0.15, -0.1) is 5.01 Å². The van der Waals surface area contributed by atoms with E-state index in [2.05, 4.69) is 10.4 Å². The number of carbonyl (C=O) groups is 2. The van der Waals surface area contributed by atoms with Crippen molar-refractivity contribution in [2.45, 2.75) is 18.9 Å². The fraction of sp³-hybridized carbons (Fsp3) is 0.188. The van der Waals surface area contributed by atoms with Gasteiger partial charge in [0.15, 0.2) is 0 Å². The molecular weight excluding hydrogens is 298 g/mol. The molecule has 1 aromatic heterocycles. The highest BCUT2D eigenvalue weighted by Gasteiger charge is 2.51. The third kappa shape index (κ3) is 2.31. The van der Waals surface area contributed by atoms with E-state index in [0.29, 0.717) is 6.42 Å². The maximum Gasteiger partial charge on any atom is 0.346 e. The zero-order valence-corrected chi connectivity index (χ0v) is 12.8. The van der Waals surface area contributed by atoms with Gasteiger partial charge in [0.25, 0.3) is 5.91 Å². The molecule has 0 radical (unpaired) electrons. The Kier molecular flexibility index (Phi) is 3.77. The van der Waals surface area contributed by atoms with Crippen LogP contribution in [0, 0.1) is 0 Å². The number of rotatable bonds is 4. The molecule has 3 amide bonds. The standard InChI is InChI=1S/C16H15N3O2S/c1-2-16(13-6-4-3-5-7-13)14(20)19(15(21)18-16)17-10-12-8-9-22-11-12/h3-11H,2H2,1H3,(H,18,21)/b17-10-/t16-/m0/s1. The number of thiophene rings is 1. The lowest BCUT2D eigenvalue weighted by atomic mass is 9.87. The first-order valence-corrected chi connectivity index (χ1v) is 7.90. The summed E-state index contributed by atoms with van der Waals surface area (Å²) in [6.07, 6.45) is 1.98. The first-order valence-electron chi connectivity index (χ1n) is 6.96. The number of nitrogens with one attached hydrogen (secondary N) is 1. The molecule has 1 aromatic carbocycles. The average Bonchev–Trinajstić information content (AvgIpc) is 3.14. The van der Waals surface area contributed by atoms with E-state index in [-0.39, 0.29) is 5.91 Å². The van der Waals surface area contributed by atoms with Crippen molar-refractivity contribution < 1.29 is 9.59 Å². The first-order chi connectivity index (χ1) is 10.7. The van der Waals surface area contributed by atoms with Gasteiger partial charge in [-0.25, -0.2) is 4.79 Å². The summed E-state index contributed by atoms with van der Waals surface area (Å²) in [4.78, 5) is 24.9. The fourth-order valence-corrected chi connectivity index (χ4v) is 3.11. The summed E-state index contributed by atoms with van der Waals surface area (Å²) in [5.41, 5.74) is 0.591. The number of imide groups is 1. The third-order valence-corrected chi connectivity index (χ3v) is 4.43. The molecule has 3 rings (SSSR count). The maximum atomic E-state index is 12.8. The van der Waals surface area contributed by atoms with Crippen LogP contribution in [0.5, 0.6) is 0 Å². The van der Waals surface area contributed by atoms with Gasteiger partial charge >= 0.3 is 6.03 Å². The molecule has 2 heterocycles. The zero-order valence-electron chi connectivity index (χ0n) is 12.0. The molecule has 112 valence electrons. The molecule has 1 aliphatic heterocycles. The van der Waals surface area contributed by atoms with Crippen LogP contribution in [0.3, 0.4) is 0 Å². The summed E-state index contributed by atoms with van der Waals surface area (Å²) in [5, 5.41) is 11.6. The number of hydrazone groups is 1. The van der Waals surface area contributed by atoms with E-state index < -0.39 is 11.6 Å². The van der Waals surface area contributed by atoms with Crippen molar-refractivity contribution in [2.75, 3.05) is 0 Å². The van der Waals surface area contributed by atoms with Crippen LogP contribution in [0.15, 0.2) is 52.3 Å². The molecular formula is C16H15N3O2S. The normalized spacial score (nSPS) is 21.6. The minimum atomic E-state index is -1.04. The number of urea groups is 1. The van der Waals surface area contributed by atoms with Gasteiger partial charge in [-0.05, 0) is 28.8 Å². The molecule has 1 atom stereocenters. The van der Waals surface area contributed by atoms with Gasteiger partial charge < -0.3 is 5.32 Å². The van der Waals surface area contributed by atoms with Gasteiger partial charge in [-0.3, -0.25) is 4.79 Å². The maximum absolute atomic E-state index is 12.8. The van der Waals surface area contributed by atoms with Crippen molar-refractivity contribution in [1.82, 2.24) is 10.3 Å². The largest absolute Gasteiger partial charge is 0.346 e. The zero-order chi connectivity index (χ0) is 15.6. The molecule has 0 spiro atoms. The molecule has 1 fully saturated rings. The SMILES string of the molecule is CC[C@@]1(c2ccccc2)NC(=O)N(/N=C\c2ccsc2)C1=O. The number of carbonyl (C=O) groups excluding carboxylic acids is 2. The van der Waals surface area contributed by atoms with Crippen molar-refractivity contribution in [1.29, 1.82) is 0 Å². The highest BCUT2D eigenvalue weighted by molar-refractivity contribution is 7.08. The average molecular weight is 313 g/mol. The van der Waals surface area contributed by atoms with Crippen LogP contribution < -0.4 is 5.32 Å². The van der Waals surface area contributed by atoms with Gasteiger partial charge in [-0.2, -0.15) is 16.4 Å². The summed E-state index contributed by atoms with van der Waals surface area (Å²) in [6, 6.07) is 10.6. The summed E-state index contributed by atoms with van der Waals surface area (Å²) in [5.74, 6) is -0.349. The Morgan fingerprint density at radius 1 is 1.27 bits per heavy atom. The van der Waals surface area contributed by atoms with Gasteiger partial charge in [-0.1, -0.05) is 37.3 Å². The van der Waals surface area contributed by atoms with Crippen LogP contribution >= 0.6 is 11.3 Å². The van der Waals surface area contributed by atoms with Crippen molar-refractivity contribution in [3.63, 3.8) is 0 Å². The highest BCUT2D eigenvalue weighted by atomic mass is 32.1. The first kappa shape index (κ1) is 14.5.